The van der Waals surface area contributed by atoms with Crippen molar-refractivity contribution in [2.24, 2.45) is 5.92 Å². The van der Waals surface area contributed by atoms with E-state index < -0.39 is 0 Å². The van der Waals surface area contributed by atoms with Gasteiger partial charge in [0.05, 0.1) is 0 Å². The Morgan fingerprint density at radius 2 is 2.06 bits per heavy atom. The van der Waals surface area contributed by atoms with E-state index in [4.69, 9.17) is 0 Å². The first-order chi connectivity index (χ1) is 8.74. The lowest BCUT2D eigenvalue weighted by Crippen LogP contribution is -2.39. The second kappa shape index (κ2) is 4.93. The van der Waals surface area contributed by atoms with Crippen LogP contribution in [0.4, 0.5) is 5.69 Å². The zero-order valence-corrected chi connectivity index (χ0v) is 11.6. The van der Waals surface area contributed by atoms with Crippen LogP contribution in [0.2, 0.25) is 0 Å². The molecule has 0 aromatic heterocycles. The van der Waals surface area contributed by atoms with Crippen molar-refractivity contribution in [1.82, 2.24) is 5.32 Å². The van der Waals surface area contributed by atoms with Crippen LogP contribution < -0.4 is 10.2 Å². The summed E-state index contributed by atoms with van der Waals surface area (Å²) in [7, 11) is 0. The van der Waals surface area contributed by atoms with Gasteiger partial charge in [0.1, 0.15) is 0 Å². The van der Waals surface area contributed by atoms with Gasteiger partial charge < -0.3 is 10.2 Å². The fraction of sp³-hybridized carbons (Fsp3) is 0.625. The van der Waals surface area contributed by atoms with E-state index in [2.05, 4.69) is 42.3 Å². The van der Waals surface area contributed by atoms with Crippen molar-refractivity contribution in [3.8, 4) is 0 Å². The number of nitrogens with one attached hydrogen (secondary N) is 1. The number of hydrogen-bond acceptors (Lipinski definition) is 2. The zero-order chi connectivity index (χ0) is 12.5. The van der Waals surface area contributed by atoms with Gasteiger partial charge in [0.25, 0.3) is 0 Å². The lowest BCUT2D eigenvalue weighted by Gasteiger charge is -2.28. The molecule has 0 spiro atoms. The molecule has 0 bridgehead atoms. The van der Waals surface area contributed by atoms with Crippen molar-refractivity contribution in [1.29, 1.82) is 0 Å². The first-order valence-electron chi connectivity index (χ1n) is 7.29. The zero-order valence-electron chi connectivity index (χ0n) is 11.6. The lowest BCUT2D eigenvalue weighted by atomic mass is 10.1. The second-order valence-electron chi connectivity index (χ2n) is 5.99. The molecule has 1 aliphatic heterocycles. The van der Waals surface area contributed by atoms with Crippen molar-refractivity contribution in [3.05, 3.63) is 29.3 Å². The molecule has 1 N–H and O–H groups in total. The van der Waals surface area contributed by atoms with Gasteiger partial charge in [0.2, 0.25) is 0 Å². The number of aryl methyl sites for hydroxylation is 2. The van der Waals surface area contributed by atoms with Crippen LogP contribution in [-0.2, 0) is 0 Å². The average Bonchev–Trinajstić information content (AvgIpc) is 3.16. The number of benzene rings is 1. The van der Waals surface area contributed by atoms with E-state index in [-0.39, 0.29) is 0 Å². The van der Waals surface area contributed by atoms with Crippen LogP contribution in [0.25, 0.3) is 0 Å². The van der Waals surface area contributed by atoms with Gasteiger partial charge in [-0.1, -0.05) is 12.1 Å². The van der Waals surface area contributed by atoms with Gasteiger partial charge in [-0.25, -0.2) is 0 Å². The Bertz CT molecular complexity index is 423. The van der Waals surface area contributed by atoms with Crippen molar-refractivity contribution in [2.45, 2.75) is 39.2 Å². The van der Waals surface area contributed by atoms with E-state index in [0.29, 0.717) is 6.04 Å². The highest BCUT2D eigenvalue weighted by molar-refractivity contribution is 5.55. The molecule has 1 aromatic rings. The fourth-order valence-electron chi connectivity index (χ4n) is 3.04. The third-order valence-electron chi connectivity index (χ3n) is 4.32. The topological polar surface area (TPSA) is 15.3 Å². The van der Waals surface area contributed by atoms with Gasteiger partial charge >= 0.3 is 0 Å². The number of anilines is 1. The second-order valence-corrected chi connectivity index (χ2v) is 5.99. The Balaban J connectivity index is 1.82. The van der Waals surface area contributed by atoms with Crippen LogP contribution in [0, 0.1) is 19.8 Å². The van der Waals surface area contributed by atoms with E-state index >= 15 is 0 Å². The minimum Gasteiger partial charge on any atom is -0.370 e. The van der Waals surface area contributed by atoms with Crippen LogP contribution in [-0.4, -0.2) is 25.7 Å². The molecule has 98 valence electrons. The average molecular weight is 244 g/mol. The highest BCUT2D eigenvalue weighted by atomic mass is 15.2. The Morgan fingerprint density at radius 3 is 2.83 bits per heavy atom. The smallest absolute Gasteiger partial charge is 0.0399 e. The fourth-order valence-corrected chi connectivity index (χ4v) is 3.04. The molecule has 1 heterocycles. The molecule has 3 rings (SSSR count). The van der Waals surface area contributed by atoms with Crippen LogP contribution in [0.3, 0.4) is 0 Å². The molecular formula is C16H24N2. The summed E-state index contributed by atoms with van der Waals surface area (Å²) in [6.45, 7) is 7.99. The number of rotatable bonds is 2. The molecule has 0 amide bonds. The largest absolute Gasteiger partial charge is 0.370 e. The predicted octanol–water partition coefficient (Wildman–Crippen LogP) is 2.88. The number of nitrogens with zero attached hydrogens (tertiary/aromatic N) is 1. The van der Waals surface area contributed by atoms with Crippen LogP contribution in [0.1, 0.15) is 30.4 Å². The first kappa shape index (κ1) is 12.0. The molecule has 1 aliphatic carbocycles. The standard InChI is InChI=1S/C16H24N2/c1-12-4-5-13(2)16(10-12)18-9-3-8-17-15(11-18)14-6-7-14/h4-5,10,14-15,17H,3,6-9,11H2,1-2H3. The molecule has 1 saturated heterocycles. The van der Waals surface area contributed by atoms with E-state index in [0.717, 1.165) is 5.92 Å². The molecular weight excluding hydrogens is 220 g/mol. The van der Waals surface area contributed by atoms with Crippen LogP contribution >= 0.6 is 0 Å². The highest BCUT2D eigenvalue weighted by Crippen LogP contribution is 2.34. The quantitative estimate of drug-likeness (QED) is 0.860. The third kappa shape index (κ3) is 2.54. The highest BCUT2D eigenvalue weighted by Gasteiger charge is 2.33. The number of hydrogen-bond donors (Lipinski definition) is 1. The van der Waals surface area contributed by atoms with Crippen molar-refractivity contribution in [3.63, 3.8) is 0 Å². The Labute approximate surface area is 110 Å². The minimum absolute atomic E-state index is 0.715. The maximum atomic E-state index is 3.74. The molecule has 1 saturated carbocycles. The summed E-state index contributed by atoms with van der Waals surface area (Å²) in [6.07, 6.45) is 4.12. The van der Waals surface area contributed by atoms with Crippen LogP contribution in [0.15, 0.2) is 18.2 Å². The summed E-state index contributed by atoms with van der Waals surface area (Å²) >= 11 is 0. The van der Waals surface area contributed by atoms with Gasteiger partial charge in [-0.05, 0) is 62.8 Å². The summed E-state index contributed by atoms with van der Waals surface area (Å²) in [5.41, 5.74) is 4.23. The van der Waals surface area contributed by atoms with Gasteiger partial charge in [0, 0.05) is 24.8 Å². The van der Waals surface area contributed by atoms with Crippen molar-refractivity contribution < 1.29 is 0 Å². The van der Waals surface area contributed by atoms with E-state index in [1.54, 1.807) is 0 Å². The Kier molecular flexibility index (Phi) is 3.29. The normalized spacial score (nSPS) is 25.0. The molecule has 1 atom stereocenters. The van der Waals surface area contributed by atoms with E-state index in [1.165, 1.54) is 55.7 Å². The van der Waals surface area contributed by atoms with Crippen LogP contribution in [0.5, 0.6) is 0 Å². The van der Waals surface area contributed by atoms with Gasteiger partial charge in [0.15, 0.2) is 0 Å². The SMILES string of the molecule is Cc1ccc(C)c(N2CCCNC(C3CC3)C2)c1. The Morgan fingerprint density at radius 1 is 1.22 bits per heavy atom. The summed E-state index contributed by atoms with van der Waals surface area (Å²) in [4.78, 5) is 2.60. The summed E-state index contributed by atoms with van der Waals surface area (Å²) in [5.74, 6) is 0.940. The first-order valence-corrected chi connectivity index (χ1v) is 7.29. The van der Waals surface area contributed by atoms with Crippen molar-refractivity contribution >= 4 is 5.69 Å². The van der Waals surface area contributed by atoms with Crippen molar-refractivity contribution in [2.75, 3.05) is 24.5 Å². The molecule has 2 fully saturated rings. The third-order valence-corrected chi connectivity index (χ3v) is 4.32. The summed E-state index contributed by atoms with van der Waals surface area (Å²) in [6, 6.07) is 7.54. The maximum absolute atomic E-state index is 3.74. The summed E-state index contributed by atoms with van der Waals surface area (Å²) < 4.78 is 0. The van der Waals surface area contributed by atoms with E-state index in [1.807, 2.05) is 0 Å². The molecule has 2 heteroatoms. The molecule has 2 nitrogen and oxygen atoms in total. The Hall–Kier alpha value is -1.02. The molecule has 0 radical (unpaired) electrons. The minimum atomic E-state index is 0.715. The molecule has 1 unspecified atom stereocenters. The van der Waals surface area contributed by atoms with Gasteiger partial charge in [-0.3, -0.25) is 0 Å². The monoisotopic (exact) mass is 244 g/mol. The summed E-state index contributed by atoms with van der Waals surface area (Å²) in [5, 5.41) is 3.74. The van der Waals surface area contributed by atoms with Gasteiger partial charge in [-0.2, -0.15) is 0 Å². The lowest BCUT2D eigenvalue weighted by molar-refractivity contribution is 0.490. The maximum Gasteiger partial charge on any atom is 0.0399 e. The van der Waals surface area contributed by atoms with E-state index in [9.17, 15) is 0 Å². The molecule has 1 aromatic carbocycles. The molecule has 18 heavy (non-hydrogen) atoms. The van der Waals surface area contributed by atoms with Gasteiger partial charge in [-0.15, -0.1) is 0 Å². The molecule has 2 aliphatic rings. The predicted molar refractivity (Wildman–Crippen MR) is 77.3 cm³/mol.